The second kappa shape index (κ2) is 5.78. The maximum Gasteiger partial charge on any atom is 0.0830 e. The van der Waals surface area contributed by atoms with Gasteiger partial charge in [0.05, 0.1) is 6.10 Å². The van der Waals surface area contributed by atoms with Crippen LogP contribution in [0.2, 0.25) is 0 Å². The molecule has 1 N–H and O–H groups in total. The number of hydrogen-bond acceptors (Lipinski definition) is 2. The van der Waals surface area contributed by atoms with E-state index < -0.39 is 6.10 Å². The molecular formula is C16H19NO. The van der Waals surface area contributed by atoms with E-state index in [1.807, 2.05) is 24.3 Å². The fourth-order valence-corrected chi connectivity index (χ4v) is 1.96. The van der Waals surface area contributed by atoms with Crippen molar-refractivity contribution in [2.24, 2.45) is 0 Å². The van der Waals surface area contributed by atoms with E-state index in [0.29, 0.717) is 12.3 Å². The number of hydrogen-bond donors (Lipinski definition) is 1. The number of aromatic nitrogens is 1. The minimum Gasteiger partial charge on any atom is -0.388 e. The van der Waals surface area contributed by atoms with Crippen molar-refractivity contribution in [1.82, 2.24) is 4.98 Å². The second-order valence-corrected chi connectivity index (χ2v) is 4.90. The SMILES string of the molecule is CC(C)c1ccc(C(O)Cc2ccncc2)cc1. The Morgan fingerprint density at radius 1 is 0.944 bits per heavy atom. The summed E-state index contributed by atoms with van der Waals surface area (Å²) in [5.74, 6) is 0.524. The molecule has 0 spiro atoms. The summed E-state index contributed by atoms with van der Waals surface area (Å²) in [5.41, 5.74) is 3.37. The minimum atomic E-state index is -0.450. The van der Waals surface area contributed by atoms with Crippen LogP contribution in [0, 0.1) is 0 Å². The van der Waals surface area contributed by atoms with Crippen molar-refractivity contribution in [3.63, 3.8) is 0 Å². The molecule has 0 saturated carbocycles. The van der Waals surface area contributed by atoms with Gasteiger partial charge in [-0.15, -0.1) is 0 Å². The van der Waals surface area contributed by atoms with Gasteiger partial charge in [0.1, 0.15) is 0 Å². The van der Waals surface area contributed by atoms with Crippen molar-refractivity contribution < 1.29 is 5.11 Å². The van der Waals surface area contributed by atoms with Gasteiger partial charge in [0.2, 0.25) is 0 Å². The first kappa shape index (κ1) is 12.8. The third kappa shape index (κ3) is 3.17. The van der Waals surface area contributed by atoms with E-state index in [9.17, 15) is 5.11 Å². The average molecular weight is 241 g/mol. The highest BCUT2D eigenvalue weighted by Crippen LogP contribution is 2.21. The Morgan fingerprint density at radius 3 is 2.06 bits per heavy atom. The lowest BCUT2D eigenvalue weighted by Crippen LogP contribution is -2.02. The van der Waals surface area contributed by atoms with Crippen molar-refractivity contribution in [2.75, 3.05) is 0 Å². The zero-order valence-electron chi connectivity index (χ0n) is 10.9. The molecule has 1 heterocycles. The van der Waals surface area contributed by atoms with Gasteiger partial charge in [-0.25, -0.2) is 0 Å². The number of nitrogens with zero attached hydrogens (tertiary/aromatic N) is 1. The number of pyridine rings is 1. The van der Waals surface area contributed by atoms with Crippen molar-refractivity contribution in [1.29, 1.82) is 0 Å². The van der Waals surface area contributed by atoms with Gasteiger partial charge < -0.3 is 5.11 Å². The molecule has 1 aromatic heterocycles. The fourth-order valence-electron chi connectivity index (χ4n) is 1.96. The minimum absolute atomic E-state index is 0.450. The Kier molecular flexibility index (Phi) is 4.11. The lowest BCUT2D eigenvalue weighted by atomic mass is 9.97. The van der Waals surface area contributed by atoms with Gasteiger partial charge in [-0.1, -0.05) is 38.1 Å². The molecule has 1 unspecified atom stereocenters. The summed E-state index contributed by atoms with van der Waals surface area (Å²) in [6.07, 6.45) is 3.69. The third-order valence-corrected chi connectivity index (χ3v) is 3.17. The van der Waals surface area contributed by atoms with Crippen LogP contribution in [0.15, 0.2) is 48.8 Å². The van der Waals surface area contributed by atoms with Crippen LogP contribution in [0.4, 0.5) is 0 Å². The monoisotopic (exact) mass is 241 g/mol. The zero-order chi connectivity index (χ0) is 13.0. The van der Waals surface area contributed by atoms with Crippen LogP contribution in [0.5, 0.6) is 0 Å². The Balaban J connectivity index is 2.07. The van der Waals surface area contributed by atoms with Gasteiger partial charge in [-0.3, -0.25) is 4.98 Å². The molecule has 0 amide bonds. The first-order valence-electron chi connectivity index (χ1n) is 6.33. The van der Waals surface area contributed by atoms with Gasteiger partial charge in [-0.2, -0.15) is 0 Å². The molecule has 94 valence electrons. The van der Waals surface area contributed by atoms with Gasteiger partial charge >= 0.3 is 0 Å². The maximum atomic E-state index is 10.2. The van der Waals surface area contributed by atoms with Crippen molar-refractivity contribution in [3.05, 3.63) is 65.5 Å². The van der Waals surface area contributed by atoms with Crippen LogP contribution in [0.25, 0.3) is 0 Å². The average Bonchev–Trinajstić information content (AvgIpc) is 2.40. The molecule has 2 aromatic rings. The van der Waals surface area contributed by atoms with E-state index >= 15 is 0 Å². The molecule has 0 radical (unpaired) electrons. The quantitative estimate of drug-likeness (QED) is 0.889. The van der Waals surface area contributed by atoms with Crippen LogP contribution < -0.4 is 0 Å². The predicted molar refractivity (Wildman–Crippen MR) is 73.4 cm³/mol. The molecular weight excluding hydrogens is 222 g/mol. The molecule has 0 aliphatic rings. The lowest BCUT2D eigenvalue weighted by Gasteiger charge is -2.12. The number of aliphatic hydroxyl groups excluding tert-OH is 1. The third-order valence-electron chi connectivity index (χ3n) is 3.17. The predicted octanol–water partition coefficient (Wildman–Crippen LogP) is 3.48. The lowest BCUT2D eigenvalue weighted by molar-refractivity contribution is 0.178. The van der Waals surface area contributed by atoms with E-state index in [0.717, 1.165) is 11.1 Å². The Hall–Kier alpha value is -1.67. The summed E-state index contributed by atoms with van der Waals surface area (Å²) >= 11 is 0. The Labute approximate surface area is 108 Å². The zero-order valence-corrected chi connectivity index (χ0v) is 10.9. The highest BCUT2D eigenvalue weighted by atomic mass is 16.3. The molecule has 1 atom stereocenters. The summed E-state index contributed by atoms with van der Waals surface area (Å²) < 4.78 is 0. The largest absolute Gasteiger partial charge is 0.388 e. The summed E-state index contributed by atoms with van der Waals surface area (Å²) in [6, 6.07) is 12.1. The number of aliphatic hydroxyl groups is 1. The standard InChI is InChI=1S/C16H19NO/c1-12(2)14-3-5-15(6-4-14)16(18)11-13-7-9-17-10-8-13/h3-10,12,16,18H,11H2,1-2H3. The van der Waals surface area contributed by atoms with Crippen molar-refractivity contribution in [3.8, 4) is 0 Å². The first-order valence-corrected chi connectivity index (χ1v) is 6.33. The smallest absolute Gasteiger partial charge is 0.0830 e. The number of rotatable bonds is 4. The molecule has 0 saturated heterocycles. The van der Waals surface area contributed by atoms with E-state index in [2.05, 4.69) is 31.0 Å². The van der Waals surface area contributed by atoms with Crippen LogP contribution in [-0.4, -0.2) is 10.1 Å². The molecule has 2 nitrogen and oxygen atoms in total. The van der Waals surface area contributed by atoms with Crippen LogP contribution >= 0.6 is 0 Å². The summed E-state index contributed by atoms with van der Waals surface area (Å²) in [5, 5.41) is 10.2. The highest BCUT2D eigenvalue weighted by Gasteiger charge is 2.09. The Morgan fingerprint density at radius 2 is 1.50 bits per heavy atom. The van der Waals surface area contributed by atoms with Gasteiger partial charge in [0.25, 0.3) is 0 Å². The Bertz CT molecular complexity index is 476. The van der Waals surface area contributed by atoms with Crippen molar-refractivity contribution in [2.45, 2.75) is 32.3 Å². The van der Waals surface area contributed by atoms with E-state index in [-0.39, 0.29) is 0 Å². The maximum absolute atomic E-state index is 10.2. The molecule has 0 bridgehead atoms. The molecule has 18 heavy (non-hydrogen) atoms. The van der Waals surface area contributed by atoms with Gasteiger partial charge in [-0.05, 0) is 34.7 Å². The molecule has 2 heteroatoms. The van der Waals surface area contributed by atoms with Gasteiger partial charge in [0.15, 0.2) is 0 Å². The molecule has 2 rings (SSSR count). The summed E-state index contributed by atoms with van der Waals surface area (Å²) in [4.78, 5) is 3.97. The van der Waals surface area contributed by atoms with Crippen LogP contribution in [0.1, 0.15) is 42.6 Å². The van der Waals surface area contributed by atoms with E-state index in [4.69, 9.17) is 0 Å². The van der Waals surface area contributed by atoms with Crippen molar-refractivity contribution >= 4 is 0 Å². The molecule has 0 fully saturated rings. The van der Waals surface area contributed by atoms with Gasteiger partial charge in [0, 0.05) is 18.8 Å². The molecule has 0 aliphatic carbocycles. The number of benzene rings is 1. The van der Waals surface area contributed by atoms with Crippen LogP contribution in [0.3, 0.4) is 0 Å². The summed E-state index contributed by atoms with van der Waals surface area (Å²) in [7, 11) is 0. The first-order chi connectivity index (χ1) is 8.66. The van der Waals surface area contributed by atoms with E-state index in [1.54, 1.807) is 12.4 Å². The van der Waals surface area contributed by atoms with E-state index in [1.165, 1.54) is 5.56 Å². The topological polar surface area (TPSA) is 33.1 Å². The fraction of sp³-hybridized carbons (Fsp3) is 0.312. The van der Waals surface area contributed by atoms with Crippen LogP contribution in [-0.2, 0) is 6.42 Å². The molecule has 0 aliphatic heterocycles. The highest BCUT2D eigenvalue weighted by molar-refractivity contribution is 5.27. The second-order valence-electron chi connectivity index (χ2n) is 4.90. The molecule has 1 aromatic carbocycles. The normalized spacial score (nSPS) is 12.7. The summed E-state index contributed by atoms with van der Waals surface area (Å²) in [6.45, 7) is 4.34.